The van der Waals surface area contributed by atoms with Crippen LogP contribution >= 0.6 is 15.9 Å². The fourth-order valence-electron chi connectivity index (χ4n) is 3.15. The molecule has 1 amide bonds. The summed E-state index contributed by atoms with van der Waals surface area (Å²) in [6, 6.07) is 9.61. The number of benzene rings is 1. The van der Waals surface area contributed by atoms with Gasteiger partial charge in [-0.1, -0.05) is 30.3 Å². The van der Waals surface area contributed by atoms with Crippen molar-refractivity contribution in [1.82, 2.24) is 9.47 Å². The number of hydrogen-bond donors (Lipinski definition) is 0. The lowest BCUT2D eigenvalue weighted by atomic mass is 10.2. The van der Waals surface area contributed by atoms with Gasteiger partial charge >= 0.3 is 5.97 Å². The van der Waals surface area contributed by atoms with Crippen LogP contribution in [0.1, 0.15) is 46.3 Å². The van der Waals surface area contributed by atoms with E-state index in [-0.39, 0.29) is 36.5 Å². The van der Waals surface area contributed by atoms with E-state index < -0.39 is 5.97 Å². The Balaban J connectivity index is 2.09. The SMILES string of the molecule is CCOC(=O)c1c(OCc2ccccc2)c2n(c1Br)C(C)CN(C)C2=O. The van der Waals surface area contributed by atoms with E-state index in [4.69, 9.17) is 9.47 Å². The van der Waals surface area contributed by atoms with Gasteiger partial charge in [0.1, 0.15) is 16.8 Å². The normalized spacial score (nSPS) is 16.4. The van der Waals surface area contributed by atoms with Crippen LogP contribution in [0.4, 0.5) is 0 Å². The van der Waals surface area contributed by atoms with Gasteiger partial charge in [-0.3, -0.25) is 4.79 Å². The highest BCUT2D eigenvalue weighted by Gasteiger charge is 2.38. The summed E-state index contributed by atoms with van der Waals surface area (Å²) in [5, 5.41) is 0. The average molecular weight is 421 g/mol. The minimum Gasteiger partial charge on any atom is -0.485 e. The van der Waals surface area contributed by atoms with Crippen LogP contribution in [0.15, 0.2) is 34.9 Å². The Morgan fingerprint density at radius 1 is 1.31 bits per heavy atom. The second-order valence-corrected chi connectivity index (χ2v) is 6.99. The van der Waals surface area contributed by atoms with Crippen LogP contribution in [0.2, 0.25) is 0 Å². The monoisotopic (exact) mass is 420 g/mol. The van der Waals surface area contributed by atoms with Crippen molar-refractivity contribution >= 4 is 27.8 Å². The number of ether oxygens (including phenoxy) is 2. The van der Waals surface area contributed by atoms with Crippen molar-refractivity contribution in [2.45, 2.75) is 26.5 Å². The van der Waals surface area contributed by atoms with Crippen molar-refractivity contribution in [2.75, 3.05) is 20.2 Å². The van der Waals surface area contributed by atoms with Crippen LogP contribution in [0.25, 0.3) is 0 Å². The molecule has 138 valence electrons. The molecule has 6 nitrogen and oxygen atoms in total. The number of aromatic nitrogens is 1. The summed E-state index contributed by atoms with van der Waals surface area (Å²) in [5.41, 5.74) is 1.58. The Morgan fingerprint density at radius 2 is 2.00 bits per heavy atom. The summed E-state index contributed by atoms with van der Waals surface area (Å²) in [6.45, 7) is 4.79. The Labute approximate surface area is 160 Å². The van der Waals surface area contributed by atoms with Crippen LogP contribution < -0.4 is 4.74 Å². The predicted octanol–water partition coefficient (Wildman–Crippen LogP) is 3.65. The Kier molecular flexibility index (Phi) is 5.36. The van der Waals surface area contributed by atoms with Crippen LogP contribution in [-0.2, 0) is 11.3 Å². The largest absolute Gasteiger partial charge is 0.485 e. The van der Waals surface area contributed by atoms with Crippen LogP contribution in [-0.4, -0.2) is 41.5 Å². The number of likely N-dealkylation sites (N-methyl/N-ethyl adjacent to an activating group) is 1. The zero-order valence-corrected chi connectivity index (χ0v) is 16.6. The highest BCUT2D eigenvalue weighted by Crippen LogP contribution is 2.40. The lowest BCUT2D eigenvalue weighted by Crippen LogP contribution is -2.39. The van der Waals surface area contributed by atoms with E-state index in [2.05, 4.69) is 15.9 Å². The molecular formula is C19H21BrN2O4. The van der Waals surface area contributed by atoms with E-state index >= 15 is 0 Å². The molecule has 1 aromatic heterocycles. The maximum absolute atomic E-state index is 12.8. The molecule has 0 N–H and O–H groups in total. The molecule has 2 heterocycles. The first-order valence-electron chi connectivity index (χ1n) is 8.48. The van der Waals surface area contributed by atoms with E-state index in [1.54, 1.807) is 18.9 Å². The molecule has 1 aliphatic rings. The maximum atomic E-state index is 12.8. The summed E-state index contributed by atoms with van der Waals surface area (Å²) in [6.07, 6.45) is 0. The summed E-state index contributed by atoms with van der Waals surface area (Å²) >= 11 is 3.48. The molecule has 3 rings (SSSR count). The lowest BCUT2D eigenvalue weighted by molar-refractivity contribution is 0.0520. The number of amides is 1. The highest BCUT2D eigenvalue weighted by atomic mass is 79.9. The van der Waals surface area contributed by atoms with Crippen LogP contribution in [0.3, 0.4) is 0 Å². The van der Waals surface area contributed by atoms with Gasteiger partial charge in [-0.15, -0.1) is 0 Å². The predicted molar refractivity (Wildman–Crippen MR) is 101 cm³/mol. The third kappa shape index (κ3) is 3.23. The zero-order chi connectivity index (χ0) is 18.8. The molecule has 26 heavy (non-hydrogen) atoms. The average Bonchev–Trinajstić information content (AvgIpc) is 2.92. The van der Waals surface area contributed by atoms with E-state index in [1.165, 1.54) is 0 Å². The number of fused-ring (bicyclic) bond motifs is 1. The molecule has 0 aliphatic carbocycles. The molecule has 7 heteroatoms. The van der Waals surface area contributed by atoms with Crippen molar-refractivity contribution in [3.05, 3.63) is 51.8 Å². The number of hydrogen-bond acceptors (Lipinski definition) is 4. The first-order chi connectivity index (χ1) is 12.5. The Morgan fingerprint density at radius 3 is 2.65 bits per heavy atom. The fourth-order valence-corrected chi connectivity index (χ4v) is 4.02. The van der Waals surface area contributed by atoms with Gasteiger partial charge in [-0.25, -0.2) is 4.79 Å². The highest BCUT2D eigenvalue weighted by molar-refractivity contribution is 9.10. The van der Waals surface area contributed by atoms with E-state index in [1.807, 2.05) is 41.8 Å². The lowest BCUT2D eigenvalue weighted by Gasteiger charge is -2.30. The Bertz CT molecular complexity index is 832. The molecule has 1 aliphatic heterocycles. The third-order valence-corrected chi connectivity index (χ3v) is 5.11. The van der Waals surface area contributed by atoms with Crippen molar-refractivity contribution in [3.8, 4) is 5.75 Å². The topological polar surface area (TPSA) is 60.8 Å². The van der Waals surface area contributed by atoms with Gasteiger partial charge in [-0.05, 0) is 35.3 Å². The third-order valence-electron chi connectivity index (χ3n) is 4.33. The minimum atomic E-state index is -0.507. The molecule has 1 atom stereocenters. The zero-order valence-electron chi connectivity index (χ0n) is 15.0. The number of esters is 1. The van der Waals surface area contributed by atoms with E-state index in [0.717, 1.165) is 5.56 Å². The molecule has 2 aromatic rings. The van der Waals surface area contributed by atoms with Gasteiger partial charge in [0, 0.05) is 19.6 Å². The smallest absolute Gasteiger partial charge is 0.344 e. The minimum absolute atomic E-state index is 0.00401. The van der Waals surface area contributed by atoms with Crippen LogP contribution in [0.5, 0.6) is 5.75 Å². The summed E-state index contributed by atoms with van der Waals surface area (Å²) in [4.78, 5) is 27.0. The molecule has 0 fully saturated rings. The number of nitrogens with zero attached hydrogens (tertiary/aromatic N) is 2. The first kappa shape index (κ1) is 18.5. The number of carbonyl (C=O) groups excluding carboxylic acids is 2. The van der Waals surface area contributed by atoms with Crippen molar-refractivity contribution < 1.29 is 19.1 Å². The van der Waals surface area contributed by atoms with Gasteiger partial charge < -0.3 is 18.9 Å². The first-order valence-corrected chi connectivity index (χ1v) is 9.28. The maximum Gasteiger partial charge on any atom is 0.344 e. The van der Waals surface area contributed by atoms with Gasteiger partial charge in [0.2, 0.25) is 0 Å². The number of rotatable bonds is 5. The Hall–Kier alpha value is -2.28. The fraction of sp³-hybridized carbons (Fsp3) is 0.368. The molecule has 0 spiro atoms. The molecule has 0 radical (unpaired) electrons. The summed E-state index contributed by atoms with van der Waals surface area (Å²) in [5.74, 6) is -0.419. The van der Waals surface area contributed by atoms with Gasteiger partial charge in [0.25, 0.3) is 5.91 Å². The summed E-state index contributed by atoms with van der Waals surface area (Å²) < 4.78 is 13.5. The second kappa shape index (κ2) is 7.53. The van der Waals surface area contributed by atoms with Crippen LogP contribution in [0, 0.1) is 0 Å². The second-order valence-electron chi connectivity index (χ2n) is 6.24. The molecule has 0 bridgehead atoms. The number of carbonyl (C=O) groups is 2. The summed E-state index contributed by atoms with van der Waals surface area (Å²) in [7, 11) is 1.74. The van der Waals surface area contributed by atoms with E-state index in [9.17, 15) is 9.59 Å². The van der Waals surface area contributed by atoms with Gasteiger partial charge in [0.05, 0.1) is 6.61 Å². The molecule has 1 aromatic carbocycles. The van der Waals surface area contributed by atoms with Gasteiger partial charge in [-0.2, -0.15) is 0 Å². The molecule has 1 unspecified atom stereocenters. The molecule has 0 saturated carbocycles. The van der Waals surface area contributed by atoms with Crippen molar-refractivity contribution in [2.24, 2.45) is 0 Å². The molecule has 0 saturated heterocycles. The number of halogens is 1. The molecular weight excluding hydrogens is 400 g/mol. The van der Waals surface area contributed by atoms with E-state index in [0.29, 0.717) is 16.8 Å². The van der Waals surface area contributed by atoms with Gasteiger partial charge in [0.15, 0.2) is 11.4 Å². The van der Waals surface area contributed by atoms with Crippen molar-refractivity contribution in [1.29, 1.82) is 0 Å². The quantitative estimate of drug-likeness (QED) is 0.692. The van der Waals surface area contributed by atoms with Crippen molar-refractivity contribution in [3.63, 3.8) is 0 Å². The standard InChI is InChI=1S/C19H21BrN2O4/c1-4-25-19(24)14-16(26-11-13-8-6-5-7-9-13)15-18(23)21(3)10-12(2)22(15)17(14)20/h5-9,12H,4,10-11H2,1-3H3.